The van der Waals surface area contributed by atoms with Gasteiger partial charge < -0.3 is 21.1 Å². The number of halogens is 3. The van der Waals surface area contributed by atoms with Crippen LogP contribution in [-0.4, -0.2) is 44.7 Å². The molecule has 192 valence electrons. The first-order valence-electron chi connectivity index (χ1n) is 12.1. The van der Waals surface area contributed by atoms with Crippen LogP contribution in [-0.2, 0) is 9.53 Å². The van der Waals surface area contributed by atoms with Crippen molar-refractivity contribution < 1.29 is 18.3 Å². The number of amides is 1. The number of primary amides is 1. The number of hydrogen-bond donors (Lipinski definition) is 3. The zero-order chi connectivity index (χ0) is 25.4. The highest BCUT2D eigenvalue weighted by molar-refractivity contribution is 6.33. The number of fused-ring (bicyclic) bond motifs is 1. The highest BCUT2D eigenvalue weighted by Gasteiger charge is 2.30. The molecule has 4 N–H and O–H groups in total. The Bertz CT molecular complexity index is 1260. The van der Waals surface area contributed by atoms with Crippen molar-refractivity contribution in [2.45, 2.75) is 51.1 Å². The van der Waals surface area contributed by atoms with E-state index in [0.29, 0.717) is 67.9 Å². The maximum absolute atomic E-state index is 14.6. The van der Waals surface area contributed by atoms with E-state index >= 15 is 0 Å². The first kappa shape index (κ1) is 24.6. The molecule has 0 spiro atoms. The van der Waals surface area contributed by atoms with Crippen LogP contribution in [0.5, 0.6) is 0 Å². The van der Waals surface area contributed by atoms with Crippen molar-refractivity contribution in [3.63, 3.8) is 0 Å². The lowest BCUT2D eigenvalue weighted by molar-refractivity contribution is -0.122. The van der Waals surface area contributed by atoms with Crippen LogP contribution >= 0.6 is 11.6 Å². The van der Waals surface area contributed by atoms with Gasteiger partial charge in [-0.2, -0.15) is 4.98 Å². The number of hydrogen-bond acceptors (Lipinski definition) is 7. The summed E-state index contributed by atoms with van der Waals surface area (Å²) in [6.45, 7) is 3.45. The van der Waals surface area contributed by atoms with Gasteiger partial charge in [-0.3, -0.25) is 9.36 Å². The molecule has 1 aromatic carbocycles. The monoisotopic (exact) mass is 519 g/mol. The number of anilines is 3. The van der Waals surface area contributed by atoms with E-state index in [1.165, 1.54) is 0 Å². The first-order chi connectivity index (χ1) is 17.3. The van der Waals surface area contributed by atoms with E-state index in [9.17, 15) is 13.6 Å². The van der Waals surface area contributed by atoms with Gasteiger partial charge in [0.25, 0.3) is 0 Å². The number of imidazole rings is 1. The Balaban J connectivity index is 1.53. The minimum Gasteiger partial charge on any atom is -0.381 e. The Hall–Kier alpha value is -3.05. The number of rotatable bonds is 6. The van der Waals surface area contributed by atoms with E-state index in [0.717, 1.165) is 18.6 Å². The molecule has 0 unspecified atom stereocenters. The first-order valence-corrected chi connectivity index (χ1v) is 12.5. The van der Waals surface area contributed by atoms with Gasteiger partial charge in [-0.05, 0) is 44.1 Å². The average molecular weight is 520 g/mol. The molecule has 0 bridgehead atoms. The van der Waals surface area contributed by atoms with E-state index in [4.69, 9.17) is 27.1 Å². The number of nitrogens with one attached hydrogen (secondary N) is 2. The molecular formula is C24H28ClF2N7O2. The smallest absolute Gasteiger partial charge is 0.224 e. The van der Waals surface area contributed by atoms with Crippen molar-refractivity contribution in [1.29, 1.82) is 0 Å². The molecule has 1 saturated carbocycles. The van der Waals surface area contributed by atoms with E-state index < -0.39 is 11.6 Å². The van der Waals surface area contributed by atoms with Gasteiger partial charge >= 0.3 is 0 Å². The molecule has 1 aliphatic carbocycles. The van der Waals surface area contributed by atoms with Crippen molar-refractivity contribution >= 4 is 46.3 Å². The van der Waals surface area contributed by atoms with Gasteiger partial charge in [-0.15, -0.1) is 0 Å². The van der Waals surface area contributed by atoms with Crippen LogP contribution in [0.25, 0.3) is 11.2 Å². The number of nitrogens with two attached hydrogens (primary N) is 1. The van der Waals surface area contributed by atoms with Crippen LogP contribution in [0.2, 0.25) is 5.02 Å². The second kappa shape index (κ2) is 10.1. The molecular weight excluding hydrogens is 492 g/mol. The Morgan fingerprint density at radius 2 is 1.97 bits per heavy atom. The van der Waals surface area contributed by atoms with Crippen LogP contribution in [0.3, 0.4) is 0 Å². The van der Waals surface area contributed by atoms with Gasteiger partial charge in [-0.25, -0.2) is 18.7 Å². The van der Waals surface area contributed by atoms with E-state index in [1.807, 2.05) is 4.57 Å². The fourth-order valence-corrected chi connectivity index (χ4v) is 5.29. The predicted octanol–water partition coefficient (Wildman–Crippen LogP) is 4.56. The van der Waals surface area contributed by atoms with E-state index in [1.54, 1.807) is 6.20 Å². The SMILES string of the molecule is C[C@@H]1COCC[C@H]1Nc1ncc2nc(Nc3c(F)cc(F)cc3Cl)n(C3CCC(C(N)=O)CC3)c2n1. The third-order valence-electron chi connectivity index (χ3n) is 7.10. The predicted molar refractivity (Wildman–Crippen MR) is 132 cm³/mol. The fourth-order valence-electron chi connectivity index (χ4n) is 5.05. The van der Waals surface area contributed by atoms with Gasteiger partial charge in [0.2, 0.25) is 17.8 Å². The molecule has 2 aliphatic rings. The standard InChI is InChI=1S/C24H28ClF2N7O2/c1-12-11-36-7-6-18(12)30-23-29-10-19-22(33-23)34(15-4-2-13(3-5-15)21(28)35)24(31-19)32-20-16(25)8-14(26)9-17(20)27/h8-10,12-13,15,18H,2-7,11H2,1H3,(H2,28,35)(H,31,32)(H,29,30,33)/t12-,13?,15?,18-/m1/s1. The zero-order valence-corrected chi connectivity index (χ0v) is 20.6. The minimum atomic E-state index is -0.835. The zero-order valence-electron chi connectivity index (χ0n) is 19.8. The van der Waals surface area contributed by atoms with E-state index in [2.05, 4.69) is 27.5 Å². The molecule has 0 radical (unpaired) electrons. The molecule has 2 fully saturated rings. The van der Waals surface area contributed by atoms with Gasteiger partial charge in [0, 0.05) is 30.7 Å². The van der Waals surface area contributed by atoms with Gasteiger partial charge in [0.15, 0.2) is 11.5 Å². The van der Waals surface area contributed by atoms with Crippen LogP contribution < -0.4 is 16.4 Å². The van der Waals surface area contributed by atoms with Crippen molar-refractivity contribution in [1.82, 2.24) is 19.5 Å². The topological polar surface area (TPSA) is 120 Å². The van der Waals surface area contributed by atoms with E-state index in [-0.39, 0.29) is 34.6 Å². The number of aromatic nitrogens is 4. The van der Waals surface area contributed by atoms with Crippen LogP contribution in [0, 0.1) is 23.5 Å². The minimum absolute atomic E-state index is 0.0693. The summed E-state index contributed by atoms with van der Waals surface area (Å²) in [4.78, 5) is 25.5. The highest BCUT2D eigenvalue weighted by atomic mass is 35.5. The third-order valence-corrected chi connectivity index (χ3v) is 7.39. The summed E-state index contributed by atoms with van der Waals surface area (Å²) >= 11 is 6.14. The van der Waals surface area contributed by atoms with Crippen LogP contribution in [0.4, 0.5) is 26.4 Å². The quantitative estimate of drug-likeness (QED) is 0.437. The number of nitrogens with zero attached hydrogens (tertiary/aromatic N) is 4. The normalized spacial score (nSPS) is 24.6. The molecule has 2 aromatic heterocycles. The van der Waals surface area contributed by atoms with Crippen molar-refractivity contribution in [3.05, 3.63) is 35.0 Å². The molecule has 2 atom stereocenters. The van der Waals surface area contributed by atoms with Crippen molar-refractivity contribution in [2.75, 3.05) is 23.8 Å². The molecule has 36 heavy (non-hydrogen) atoms. The number of benzene rings is 1. The van der Waals surface area contributed by atoms with Gasteiger partial charge in [-0.1, -0.05) is 18.5 Å². The Labute approximate surface area is 211 Å². The second-order valence-electron chi connectivity index (χ2n) is 9.58. The maximum atomic E-state index is 14.6. The lowest BCUT2D eigenvalue weighted by Crippen LogP contribution is -2.36. The average Bonchev–Trinajstić information content (AvgIpc) is 3.20. The van der Waals surface area contributed by atoms with Gasteiger partial charge in [0.1, 0.15) is 11.3 Å². The lowest BCUT2D eigenvalue weighted by atomic mass is 9.85. The molecule has 9 nitrogen and oxygen atoms in total. The summed E-state index contributed by atoms with van der Waals surface area (Å²) in [5.41, 5.74) is 6.52. The summed E-state index contributed by atoms with van der Waals surface area (Å²) in [6.07, 6.45) is 5.04. The summed E-state index contributed by atoms with van der Waals surface area (Å²) < 4.78 is 35.6. The molecule has 1 amide bonds. The Kier molecular flexibility index (Phi) is 6.94. The van der Waals surface area contributed by atoms with Crippen LogP contribution in [0.15, 0.2) is 18.3 Å². The summed E-state index contributed by atoms with van der Waals surface area (Å²) in [6, 6.07) is 1.90. The molecule has 5 rings (SSSR count). The van der Waals surface area contributed by atoms with Crippen LogP contribution in [0.1, 0.15) is 45.1 Å². The lowest BCUT2D eigenvalue weighted by Gasteiger charge is -2.30. The molecule has 12 heteroatoms. The van der Waals surface area contributed by atoms with Crippen molar-refractivity contribution in [3.8, 4) is 0 Å². The summed E-state index contributed by atoms with van der Waals surface area (Å²) in [5.74, 6) is -1.02. The van der Waals surface area contributed by atoms with Gasteiger partial charge in [0.05, 0.1) is 23.5 Å². The molecule has 1 aliphatic heterocycles. The molecule has 3 aromatic rings. The molecule has 1 saturated heterocycles. The summed E-state index contributed by atoms with van der Waals surface area (Å²) in [5, 5.41) is 6.25. The third kappa shape index (κ3) is 4.94. The largest absolute Gasteiger partial charge is 0.381 e. The number of carbonyl (C=O) groups excluding carboxylic acids is 1. The highest BCUT2D eigenvalue weighted by Crippen LogP contribution is 2.38. The van der Waals surface area contributed by atoms with Crippen molar-refractivity contribution in [2.24, 2.45) is 17.6 Å². The second-order valence-corrected chi connectivity index (χ2v) is 9.98. The Morgan fingerprint density at radius 3 is 2.67 bits per heavy atom. The Morgan fingerprint density at radius 1 is 1.19 bits per heavy atom. The summed E-state index contributed by atoms with van der Waals surface area (Å²) in [7, 11) is 0. The maximum Gasteiger partial charge on any atom is 0.224 e. The number of carbonyl (C=O) groups is 1. The number of ether oxygens (including phenoxy) is 1. The fraction of sp³-hybridized carbons (Fsp3) is 0.500. The molecule has 3 heterocycles.